The number of pyridine rings is 1. The molecule has 0 spiro atoms. The first-order valence-corrected chi connectivity index (χ1v) is 11.9. The highest BCUT2D eigenvalue weighted by molar-refractivity contribution is 5.90. The highest BCUT2D eigenvalue weighted by atomic mass is 16.2. The molecule has 3 aliphatic rings. The maximum absolute atomic E-state index is 12.8. The molecule has 2 N–H and O–H groups in total. The topological polar surface area (TPSA) is 77.6 Å². The number of aromatic nitrogens is 1. The molecular weight excluding hydrogens is 414 g/mol. The summed E-state index contributed by atoms with van der Waals surface area (Å²) in [5.74, 6) is 0.285. The molecule has 172 valence electrons. The van der Waals surface area contributed by atoms with E-state index in [1.54, 1.807) is 11.1 Å². The van der Waals surface area contributed by atoms with Crippen molar-refractivity contribution in [3.63, 3.8) is 0 Å². The van der Waals surface area contributed by atoms with Crippen molar-refractivity contribution in [1.29, 1.82) is 0 Å². The number of likely N-dealkylation sites (tertiary alicyclic amines) is 1. The lowest BCUT2D eigenvalue weighted by atomic mass is 9.93. The number of carbonyl (C=O) groups excluding carboxylic acids is 2. The molecule has 0 bridgehead atoms. The third kappa shape index (κ3) is 5.15. The van der Waals surface area contributed by atoms with Crippen LogP contribution in [0.15, 0.2) is 48.8 Å². The molecule has 1 saturated heterocycles. The number of Topliss-reactive ketones (excluding diaryl/α,β-unsaturated/α-hetero) is 1. The summed E-state index contributed by atoms with van der Waals surface area (Å²) in [6, 6.07) is 9.66. The van der Waals surface area contributed by atoms with Gasteiger partial charge >= 0.3 is 6.03 Å². The number of amides is 2. The van der Waals surface area contributed by atoms with Gasteiger partial charge in [0.25, 0.3) is 0 Å². The Morgan fingerprint density at radius 2 is 1.82 bits per heavy atom. The van der Waals surface area contributed by atoms with Crippen molar-refractivity contribution < 1.29 is 9.59 Å². The molecule has 0 radical (unpaired) electrons. The number of nitrogens with one attached hydrogen (secondary N) is 2. The Bertz CT molecular complexity index is 1020. The van der Waals surface area contributed by atoms with Crippen LogP contribution in [-0.2, 0) is 17.9 Å². The standard InChI is InChI=1S/C26H31N5O2/c32-25(18-30-12-2-1-3-13-30)24-14-20(9-11-28-24)19-4-6-23(7-5-19)29-26(33)31-16-21-8-10-27-15-22(21)17-31/h4-10,15,24,28H,1-3,11-14,16-18H2,(H,29,33). The number of hydrogen-bond donors (Lipinski definition) is 2. The van der Waals surface area contributed by atoms with Gasteiger partial charge in [0.05, 0.1) is 12.6 Å². The zero-order chi connectivity index (χ0) is 22.6. The van der Waals surface area contributed by atoms with Gasteiger partial charge in [-0.25, -0.2) is 4.79 Å². The predicted molar refractivity (Wildman–Crippen MR) is 129 cm³/mol. The van der Waals surface area contributed by atoms with Crippen molar-refractivity contribution in [2.24, 2.45) is 0 Å². The summed E-state index contributed by atoms with van der Waals surface area (Å²) >= 11 is 0. The Labute approximate surface area is 194 Å². The Hall–Kier alpha value is -3.03. The van der Waals surface area contributed by atoms with Gasteiger partial charge in [-0.3, -0.25) is 14.7 Å². The molecule has 3 aliphatic heterocycles. The molecule has 1 aromatic heterocycles. The number of fused-ring (bicyclic) bond motifs is 1. The van der Waals surface area contributed by atoms with E-state index in [4.69, 9.17) is 0 Å². The first-order chi connectivity index (χ1) is 16.2. The van der Waals surface area contributed by atoms with E-state index in [0.29, 0.717) is 32.6 Å². The molecule has 0 aliphatic carbocycles. The molecule has 4 heterocycles. The van der Waals surface area contributed by atoms with E-state index in [1.807, 2.05) is 36.5 Å². The van der Waals surface area contributed by atoms with Gasteiger partial charge in [-0.15, -0.1) is 0 Å². The number of rotatable bonds is 5. The van der Waals surface area contributed by atoms with Gasteiger partial charge in [0.2, 0.25) is 0 Å². The van der Waals surface area contributed by atoms with E-state index in [9.17, 15) is 9.59 Å². The van der Waals surface area contributed by atoms with E-state index in [1.165, 1.54) is 24.8 Å². The smallest absolute Gasteiger partial charge is 0.316 e. The Balaban J connectivity index is 1.16. The van der Waals surface area contributed by atoms with Gasteiger partial charge in [-0.2, -0.15) is 0 Å². The highest BCUT2D eigenvalue weighted by Gasteiger charge is 2.26. The number of benzene rings is 1. The number of ketones is 1. The Kier molecular flexibility index (Phi) is 6.51. The molecule has 1 unspecified atom stereocenters. The molecule has 1 atom stereocenters. The lowest BCUT2D eigenvalue weighted by Gasteiger charge is -2.29. The van der Waals surface area contributed by atoms with Crippen LogP contribution in [0.3, 0.4) is 0 Å². The normalized spacial score (nSPS) is 20.8. The fraction of sp³-hybridized carbons (Fsp3) is 0.423. The average molecular weight is 446 g/mol. The van der Waals surface area contributed by atoms with Crippen molar-refractivity contribution in [3.8, 4) is 0 Å². The van der Waals surface area contributed by atoms with E-state index >= 15 is 0 Å². The van der Waals surface area contributed by atoms with Crippen LogP contribution in [0.25, 0.3) is 5.57 Å². The second-order valence-electron chi connectivity index (χ2n) is 9.21. The highest BCUT2D eigenvalue weighted by Crippen LogP contribution is 2.26. The van der Waals surface area contributed by atoms with Gasteiger partial charge in [0.1, 0.15) is 0 Å². The molecule has 5 rings (SSSR count). The van der Waals surface area contributed by atoms with E-state index in [0.717, 1.165) is 35.5 Å². The fourth-order valence-electron chi connectivity index (χ4n) is 4.94. The van der Waals surface area contributed by atoms with Crippen LogP contribution in [0, 0.1) is 0 Å². The van der Waals surface area contributed by atoms with Crippen LogP contribution in [0.2, 0.25) is 0 Å². The number of anilines is 1. The van der Waals surface area contributed by atoms with Crippen LogP contribution >= 0.6 is 0 Å². The van der Waals surface area contributed by atoms with Crippen molar-refractivity contribution in [2.45, 2.75) is 44.8 Å². The van der Waals surface area contributed by atoms with Crippen molar-refractivity contribution in [1.82, 2.24) is 20.1 Å². The van der Waals surface area contributed by atoms with Gasteiger partial charge in [0, 0.05) is 37.7 Å². The quantitative estimate of drug-likeness (QED) is 0.737. The molecule has 7 nitrogen and oxygen atoms in total. The zero-order valence-electron chi connectivity index (χ0n) is 18.9. The fourth-order valence-corrected chi connectivity index (χ4v) is 4.94. The maximum atomic E-state index is 12.8. The Morgan fingerprint density at radius 1 is 1.03 bits per heavy atom. The summed E-state index contributed by atoms with van der Waals surface area (Å²) < 4.78 is 0. The minimum atomic E-state index is -0.127. The summed E-state index contributed by atoms with van der Waals surface area (Å²) in [5, 5.41) is 6.36. The summed E-state index contributed by atoms with van der Waals surface area (Å²) in [5.41, 5.74) is 5.31. The minimum absolute atomic E-state index is 0.108. The van der Waals surface area contributed by atoms with Crippen LogP contribution < -0.4 is 10.6 Å². The number of piperidine rings is 1. The first-order valence-electron chi connectivity index (χ1n) is 11.9. The van der Waals surface area contributed by atoms with Crippen LogP contribution in [-0.4, -0.2) is 58.8 Å². The predicted octanol–water partition coefficient (Wildman–Crippen LogP) is 3.43. The third-order valence-corrected chi connectivity index (χ3v) is 6.87. The molecule has 1 fully saturated rings. The molecule has 2 aromatic rings. The number of nitrogens with zero attached hydrogens (tertiary/aromatic N) is 3. The second kappa shape index (κ2) is 9.85. The average Bonchev–Trinajstić information content (AvgIpc) is 3.30. The summed E-state index contributed by atoms with van der Waals surface area (Å²) in [6.45, 7) is 4.51. The van der Waals surface area contributed by atoms with Crippen LogP contribution in [0.4, 0.5) is 10.5 Å². The monoisotopic (exact) mass is 445 g/mol. The van der Waals surface area contributed by atoms with Crippen molar-refractivity contribution in [2.75, 3.05) is 31.5 Å². The second-order valence-corrected chi connectivity index (χ2v) is 9.21. The first kappa shape index (κ1) is 21.8. The van der Waals surface area contributed by atoms with Gasteiger partial charge in [-0.1, -0.05) is 24.6 Å². The molecule has 33 heavy (non-hydrogen) atoms. The molecule has 2 amide bonds. The Morgan fingerprint density at radius 3 is 2.61 bits per heavy atom. The minimum Gasteiger partial charge on any atom is -0.316 e. The molecule has 0 saturated carbocycles. The van der Waals surface area contributed by atoms with Crippen LogP contribution in [0.1, 0.15) is 42.4 Å². The number of carbonyl (C=O) groups is 2. The summed E-state index contributed by atoms with van der Waals surface area (Å²) in [4.78, 5) is 33.7. The molecular formula is C26H31N5O2. The van der Waals surface area contributed by atoms with Gasteiger partial charge < -0.3 is 15.5 Å². The SMILES string of the molecule is O=C(CN1CCCCC1)C1CC(c2ccc(NC(=O)N3Cc4ccncc4C3)cc2)=CCN1. The van der Waals surface area contributed by atoms with Crippen LogP contribution in [0.5, 0.6) is 0 Å². The third-order valence-electron chi connectivity index (χ3n) is 6.87. The van der Waals surface area contributed by atoms with Crippen molar-refractivity contribution in [3.05, 3.63) is 65.5 Å². The summed E-state index contributed by atoms with van der Waals surface area (Å²) in [7, 11) is 0. The summed E-state index contributed by atoms with van der Waals surface area (Å²) in [6.07, 6.45) is 10.1. The molecule has 1 aromatic carbocycles. The van der Waals surface area contributed by atoms with E-state index in [2.05, 4.69) is 26.6 Å². The zero-order valence-corrected chi connectivity index (χ0v) is 18.9. The van der Waals surface area contributed by atoms with Gasteiger partial charge in [0.15, 0.2) is 5.78 Å². The lowest BCUT2D eigenvalue weighted by Crippen LogP contribution is -2.45. The van der Waals surface area contributed by atoms with Gasteiger partial charge in [-0.05, 0) is 72.8 Å². The number of urea groups is 1. The van der Waals surface area contributed by atoms with E-state index < -0.39 is 0 Å². The molecule has 7 heteroatoms. The van der Waals surface area contributed by atoms with E-state index in [-0.39, 0.29) is 17.9 Å². The largest absolute Gasteiger partial charge is 0.322 e. The van der Waals surface area contributed by atoms with Crippen molar-refractivity contribution >= 4 is 23.1 Å². The lowest BCUT2D eigenvalue weighted by molar-refractivity contribution is -0.122. The number of hydrogen-bond acceptors (Lipinski definition) is 5. The maximum Gasteiger partial charge on any atom is 0.322 e.